The molecule has 2 aromatic rings. The van der Waals surface area contributed by atoms with E-state index in [4.69, 9.17) is 15.7 Å². The van der Waals surface area contributed by atoms with Crippen LogP contribution in [0.4, 0.5) is 5.69 Å². The summed E-state index contributed by atoms with van der Waals surface area (Å²) in [4.78, 5) is 32.8. The van der Waals surface area contributed by atoms with Crippen molar-refractivity contribution in [2.24, 2.45) is 5.73 Å². The zero-order valence-electron chi connectivity index (χ0n) is 12.8. The van der Waals surface area contributed by atoms with E-state index in [1.807, 2.05) is 6.07 Å². The molecule has 0 radical (unpaired) electrons. The van der Waals surface area contributed by atoms with Crippen LogP contribution in [-0.2, 0) is 4.79 Å². The van der Waals surface area contributed by atoms with Crippen molar-refractivity contribution >= 4 is 17.5 Å². The minimum atomic E-state index is -0.665. The first kappa shape index (κ1) is 17.4. The smallest absolute Gasteiger partial charge is 0.312 e. The van der Waals surface area contributed by atoms with Gasteiger partial charge in [0.25, 0.3) is 5.91 Å². The van der Waals surface area contributed by atoms with Gasteiger partial charge in [-0.05, 0) is 36.4 Å². The fraction of sp³-hybridized carbons (Fsp3) is 0.0625. The molecule has 0 fully saturated rings. The van der Waals surface area contributed by atoms with Crippen LogP contribution in [0.2, 0.25) is 0 Å². The van der Waals surface area contributed by atoms with E-state index in [0.29, 0.717) is 0 Å². The van der Waals surface area contributed by atoms with Crippen LogP contribution in [0.15, 0.2) is 42.5 Å². The standard InChI is InChI=1S/C16H12N4O5/c17-8-10-1-6-14(13(7-10)20(23)24)25-12-4-2-11(3-5-12)16(22)19-9-15(18)21/h1-7H,9H2,(H2,18,21)(H,19,22). The summed E-state index contributed by atoms with van der Waals surface area (Å²) in [6, 6.07) is 11.4. The molecule has 0 aromatic heterocycles. The zero-order chi connectivity index (χ0) is 18.4. The van der Waals surface area contributed by atoms with Gasteiger partial charge >= 0.3 is 5.69 Å². The summed E-state index contributed by atoms with van der Waals surface area (Å²) in [7, 11) is 0. The maximum absolute atomic E-state index is 11.8. The van der Waals surface area contributed by atoms with Gasteiger partial charge in [-0.25, -0.2) is 0 Å². The number of nitrogens with zero attached hydrogens (tertiary/aromatic N) is 2. The van der Waals surface area contributed by atoms with Crippen molar-refractivity contribution in [1.82, 2.24) is 5.32 Å². The molecule has 2 rings (SSSR count). The van der Waals surface area contributed by atoms with E-state index >= 15 is 0 Å². The lowest BCUT2D eigenvalue weighted by molar-refractivity contribution is -0.385. The third kappa shape index (κ3) is 4.52. The van der Waals surface area contributed by atoms with Crippen molar-refractivity contribution in [3.8, 4) is 17.6 Å². The number of nitro benzene ring substituents is 1. The number of nitrogens with two attached hydrogens (primary N) is 1. The minimum Gasteiger partial charge on any atom is -0.450 e. The van der Waals surface area contributed by atoms with Gasteiger partial charge < -0.3 is 15.8 Å². The van der Waals surface area contributed by atoms with E-state index in [-0.39, 0.29) is 34.9 Å². The Bertz CT molecular complexity index is 871. The van der Waals surface area contributed by atoms with Gasteiger partial charge in [0.1, 0.15) is 5.75 Å². The number of rotatable bonds is 6. The van der Waals surface area contributed by atoms with Crippen LogP contribution < -0.4 is 15.8 Å². The van der Waals surface area contributed by atoms with Gasteiger partial charge in [0.2, 0.25) is 11.7 Å². The third-order valence-corrected chi connectivity index (χ3v) is 3.05. The number of nitriles is 1. The fourth-order valence-electron chi connectivity index (χ4n) is 1.89. The lowest BCUT2D eigenvalue weighted by Crippen LogP contribution is -2.33. The number of nitrogens with one attached hydrogen (secondary N) is 1. The van der Waals surface area contributed by atoms with Crippen LogP contribution >= 0.6 is 0 Å². The van der Waals surface area contributed by atoms with Crippen molar-refractivity contribution < 1.29 is 19.2 Å². The maximum Gasteiger partial charge on any atom is 0.312 e. The molecule has 0 aliphatic rings. The zero-order valence-corrected chi connectivity index (χ0v) is 12.8. The number of amides is 2. The highest BCUT2D eigenvalue weighted by atomic mass is 16.6. The van der Waals surface area contributed by atoms with Crippen molar-refractivity contribution in [3.63, 3.8) is 0 Å². The molecule has 0 unspecified atom stereocenters. The van der Waals surface area contributed by atoms with Crippen LogP contribution in [0.5, 0.6) is 11.5 Å². The van der Waals surface area contributed by atoms with E-state index in [0.717, 1.165) is 6.07 Å². The number of carbonyl (C=O) groups is 2. The number of hydrogen-bond acceptors (Lipinski definition) is 6. The van der Waals surface area contributed by atoms with Gasteiger partial charge in [-0.1, -0.05) is 0 Å². The van der Waals surface area contributed by atoms with E-state index in [2.05, 4.69) is 5.32 Å². The molecule has 9 heteroatoms. The van der Waals surface area contributed by atoms with Crippen molar-refractivity contribution in [2.45, 2.75) is 0 Å². The topological polar surface area (TPSA) is 148 Å². The SMILES string of the molecule is N#Cc1ccc(Oc2ccc(C(=O)NCC(N)=O)cc2)c([N+](=O)[O-])c1. The molecule has 0 saturated carbocycles. The summed E-state index contributed by atoms with van der Waals surface area (Å²) in [6.45, 7) is -0.283. The van der Waals surface area contributed by atoms with Crippen LogP contribution in [0.1, 0.15) is 15.9 Å². The van der Waals surface area contributed by atoms with Gasteiger partial charge in [-0.3, -0.25) is 19.7 Å². The molecule has 25 heavy (non-hydrogen) atoms. The number of carbonyl (C=O) groups excluding carboxylic acids is 2. The van der Waals surface area contributed by atoms with Gasteiger partial charge in [0.15, 0.2) is 0 Å². The van der Waals surface area contributed by atoms with Crippen LogP contribution in [-0.4, -0.2) is 23.3 Å². The number of ether oxygens (including phenoxy) is 1. The summed E-state index contributed by atoms with van der Waals surface area (Å²) in [6.07, 6.45) is 0. The van der Waals surface area contributed by atoms with E-state index in [1.54, 1.807) is 0 Å². The first-order chi connectivity index (χ1) is 11.9. The Balaban J connectivity index is 2.17. The Morgan fingerprint density at radius 2 is 1.92 bits per heavy atom. The summed E-state index contributed by atoms with van der Waals surface area (Å²) >= 11 is 0. The molecule has 0 aliphatic carbocycles. The van der Waals surface area contributed by atoms with Gasteiger partial charge in [-0.2, -0.15) is 5.26 Å². The second kappa shape index (κ2) is 7.56. The summed E-state index contributed by atoms with van der Waals surface area (Å²) < 4.78 is 5.45. The highest BCUT2D eigenvalue weighted by molar-refractivity contribution is 5.96. The molecule has 0 aliphatic heterocycles. The minimum absolute atomic E-state index is 0.0325. The molecule has 2 amide bonds. The number of primary amides is 1. The quantitative estimate of drug-likeness (QED) is 0.601. The lowest BCUT2D eigenvalue weighted by Gasteiger charge is -2.08. The molecule has 9 nitrogen and oxygen atoms in total. The highest BCUT2D eigenvalue weighted by Gasteiger charge is 2.17. The van der Waals surface area contributed by atoms with Crippen molar-refractivity contribution in [3.05, 3.63) is 63.7 Å². The predicted octanol–water partition coefficient (Wildman–Crippen LogP) is 1.47. The number of hydrogen-bond donors (Lipinski definition) is 2. The van der Waals surface area contributed by atoms with Crippen molar-refractivity contribution in [2.75, 3.05) is 6.54 Å². The van der Waals surface area contributed by atoms with Crippen LogP contribution in [0.25, 0.3) is 0 Å². The first-order valence-electron chi connectivity index (χ1n) is 6.93. The second-order valence-corrected chi connectivity index (χ2v) is 4.83. The summed E-state index contributed by atoms with van der Waals surface area (Å²) in [5.74, 6) is -0.926. The maximum atomic E-state index is 11.8. The molecular formula is C16H12N4O5. The summed E-state index contributed by atoms with van der Waals surface area (Å²) in [5.41, 5.74) is 5.00. The molecule has 2 aromatic carbocycles. The average Bonchev–Trinajstić information content (AvgIpc) is 2.60. The molecular weight excluding hydrogens is 328 g/mol. The Labute approximate surface area is 141 Å². The van der Waals surface area contributed by atoms with Crippen LogP contribution in [0.3, 0.4) is 0 Å². The van der Waals surface area contributed by atoms with Gasteiger partial charge in [0, 0.05) is 11.6 Å². The molecule has 3 N–H and O–H groups in total. The monoisotopic (exact) mass is 340 g/mol. The Morgan fingerprint density at radius 3 is 2.48 bits per heavy atom. The Kier molecular flexibility index (Phi) is 5.27. The Morgan fingerprint density at radius 1 is 1.24 bits per heavy atom. The van der Waals surface area contributed by atoms with E-state index < -0.39 is 16.7 Å². The molecule has 0 spiro atoms. The molecule has 0 heterocycles. The molecule has 0 bridgehead atoms. The van der Waals surface area contributed by atoms with Crippen LogP contribution in [0, 0.1) is 21.4 Å². The highest BCUT2D eigenvalue weighted by Crippen LogP contribution is 2.32. The second-order valence-electron chi connectivity index (χ2n) is 4.83. The average molecular weight is 340 g/mol. The van der Waals surface area contributed by atoms with E-state index in [1.165, 1.54) is 36.4 Å². The normalized spacial score (nSPS) is 9.72. The summed E-state index contributed by atoms with van der Waals surface area (Å²) in [5, 5.41) is 22.2. The molecule has 0 saturated heterocycles. The Hall–Kier alpha value is -3.93. The van der Waals surface area contributed by atoms with Crippen molar-refractivity contribution in [1.29, 1.82) is 5.26 Å². The lowest BCUT2D eigenvalue weighted by atomic mass is 10.2. The number of benzene rings is 2. The molecule has 0 atom stereocenters. The number of nitro groups is 1. The third-order valence-electron chi connectivity index (χ3n) is 3.05. The van der Waals surface area contributed by atoms with Gasteiger partial charge in [0.05, 0.1) is 23.1 Å². The fourth-order valence-corrected chi connectivity index (χ4v) is 1.89. The van der Waals surface area contributed by atoms with Gasteiger partial charge in [-0.15, -0.1) is 0 Å². The molecule has 126 valence electrons. The first-order valence-corrected chi connectivity index (χ1v) is 6.93. The predicted molar refractivity (Wildman–Crippen MR) is 85.9 cm³/mol. The van der Waals surface area contributed by atoms with E-state index in [9.17, 15) is 19.7 Å². The largest absolute Gasteiger partial charge is 0.450 e.